The third kappa shape index (κ3) is 3.23. The first-order chi connectivity index (χ1) is 9.65. The molecule has 5 nitrogen and oxygen atoms in total. The molecule has 2 rings (SSSR count). The van der Waals surface area contributed by atoms with Crippen molar-refractivity contribution in [2.75, 3.05) is 0 Å². The van der Waals surface area contributed by atoms with Crippen molar-refractivity contribution >= 4 is 30.5 Å². The van der Waals surface area contributed by atoms with E-state index in [0.29, 0.717) is 17.0 Å². The lowest BCUT2D eigenvalue weighted by Crippen LogP contribution is -2.17. The number of thiol groups is 1. The topological polar surface area (TPSA) is 56.1 Å². The first-order valence-corrected chi connectivity index (χ1v) is 6.39. The Balaban J connectivity index is 2.26. The van der Waals surface area contributed by atoms with Crippen molar-refractivity contribution < 1.29 is 13.9 Å². The summed E-state index contributed by atoms with van der Waals surface area (Å²) in [6.45, 7) is -0.701. The highest BCUT2D eigenvalue weighted by Gasteiger charge is 2.15. The number of amides is 1. The maximum Gasteiger partial charge on any atom is 0.266 e. The number of rotatable bonds is 5. The summed E-state index contributed by atoms with van der Waals surface area (Å²) in [7, 11) is 0. The van der Waals surface area contributed by atoms with Gasteiger partial charge in [0.1, 0.15) is 13.3 Å². The quantitative estimate of drug-likeness (QED) is 0.658. The molecule has 1 amide bonds. The number of carbonyl (C=O) groups is 1. The number of aromatic nitrogens is 2. The molecule has 0 aliphatic heterocycles. The fourth-order valence-electron chi connectivity index (χ4n) is 1.72. The van der Waals surface area contributed by atoms with Crippen LogP contribution in [0.5, 0.6) is 5.88 Å². The Kier molecular flexibility index (Phi) is 4.86. The van der Waals surface area contributed by atoms with E-state index in [2.05, 4.69) is 17.9 Å². The highest BCUT2D eigenvalue weighted by molar-refractivity contribution is 7.78. The van der Waals surface area contributed by atoms with E-state index in [1.807, 2.05) is 4.84 Å². The molecule has 8 heteroatoms. The van der Waals surface area contributed by atoms with E-state index in [-0.39, 0.29) is 12.2 Å². The third-order valence-electron chi connectivity index (χ3n) is 2.66. The summed E-state index contributed by atoms with van der Waals surface area (Å²) >= 11 is 9.29. The van der Waals surface area contributed by atoms with Crippen LogP contribution in [0, 0.1) is 0 Å². The van der Waals surface area contributed by atoms with Gasteiger partial charge in [-0.3, -0.25) is 9.63 Å². The van der Waals surface area contributed by atoms with E-state index in [1.54, 1.807) is 30.5 Å². The molecule has 0 radical (unpaired) electrons. The van der Waals surface area contributed by atoms with Gasteiger partial charge in [0.2, 0.25) is 5.88 Å². The van der Waals surface area contributed by atoms with Gasteiger partial charge in [-0.25, -0.2) is 8.48 Å². The molecule has 0 aliphatic rings. The highest BCUT2D eigenvalue weighted by Crippen LogP contribution is 2.19. The van der Waals surface area contributed by atoms with Gasteiger partial charge in [-0.1, -0.05) is 12.1 Å². The lowest BCUT2D eigenvalue weighted by atomic mass is 10.0. The van der Waals surface area contributed by atoms with Crippen LogP contribution in [0.1, 0.15) is 21.5 Å². The molecule has 2 aromatic rings. The molecule has 20 heavy (non-hydrogen) atoms. The van der Waals surface area contributed by atoms with Crippen molar-refractivity contribution in [2.24, 2.45) is 0 Å². The van der Waals surface area contributed by atoms with Crippen LogP contribution in [0.3, 0.4) is 0 Å². The van der Waals surface area contributed by atoms with E-state index >= 15 is 0 Å². The van der Waals surface area contributed by atoms with Crippen molar-refractivity contribution in [2.45, 2.75) is 13.3 Å². The van der Waals surface area contributed by atoms with Crippen LogP contribution in [0.25, 0.3) is 0 Å². The summed E-state index contributed by atoms with van der Waals surface area (Å²) in [5, 5.41) is 3.91. The molecule has 0 saturated heterocycles. The minimum Gasteiger partial charge on any atom is -0.472 e. The van der Waals surface area contributed by atoms with E-state index in [9.17, 15) is 9.18 Å². The van der Waals surface area contributed by atoms with Gasteiger partial charge in [-0.05, 0) is 24.4 Å². The zero-order valence-corrected chi connectivity index (χ0v) is 11.9. The van der Waals surface area contributed by atoms with Gasteiger partial charge in [0.05, 0.1) is 0 Å². The molecule has 0 unspecified atom stereocenters. The average molecular weight is 316 g/mol. The third-order valence-corrected chi connectivity index (χ3v) is 3.06. The summed E-state index contributed by atoms with van der Waals surface area (Å²) < 4.78 is 19.7. The number of hydrogen-bond donors (Lipinski definition) is 2. The fourth-order valence-corrected chi connectivity index (χ4v) is 1.97. The lowest BCUT2D eigenvalue weighted by Gasteiger charge is -2.11. The van der Waals surface area contributed by atoms with Crippen LogP contribution in [-0.2, 0) is 13.3 Å². The molecule has 0 aliphatic carbocycles. The molecular formula is C12H11ClFN3O2S. The number of nitrogens with one attached hydrogen (secondary N) is 1. The number of nitrogens with zero attached hydrogens (tertiary/aromatic N) is 2. The molecule has 1 aromatic heterocycles. The van der Waals surface area contributed by atoms with Crippen molar-refractivity contribution in [3.8, 4) is 5.88 Å². The molecule has 0 saturated carbocycles. The summed E-state index contributed by atoms with van der Waals surface area (Å²) in [6, 6.07) is 6.32. The standard InChI is InChI=1S/C12H11ClFN3O2S/c13-15-12(18)9-3-1-2-8(6-14)10(9)7-19-11-4-5-17(20)16-11/h1-5,20H,6-7H2,(H,15,18). The Morgan fingerprint density at radius 3 is 2.90 bits per heavy atom. The van der Waals surface area contributed by atoms with Crippen LogP contribution in [0.15, 0.2) is 30.5 Å². The number of ether oxygens (including phenoxy) is 1. The molecule has 106 valence electrons. The normalized spacial score (nSPS) is 10.3. The van der Waals surface area contributed by atoms with Gasteiger partial charge in [0.15, 0.2) is 0 Å². The smallest absolute Gasteiger partial charge is 0.266 e. The molecule has 1 aromatic carbocycles. The number of hydrogen-bond acceptors (Lipinski definition) is 4. The largest absolute Gasteiger partial charge is 0.472 e. The van der Waals surface area contributed by atoms with E-state index < -0.39 is 12.6 Å². The van der Waals surface area contributed by atoms with Crippen molar-refractivity contribution in [1.29, 1.82) is 0 Å². The molecule has 1 N–H and O–H groups in total. The minimum atomic E-state index is -0.705. The predicted molar refractivity (Wildman–Crippen MR) is 75.5 cm³/mol. The Morgan fingerprint density at radius 1 is 1.50 bits per heavy atom. The van der Waals surface area contributed by atoms with Gasteiger partial charge in [0.25, 0.3) is 5.91 Å². The maximum absolute atomic E-state index is 13.0. The lowest BCUT2D eigenvalue weighted by molar-refractivity contribution is 0.0979. The monoisotopic (exact) mass is 315 g/mol. The summed E-state index contributed by atoms with van der Waals surface area (Å²) in [6.07, 6.45) is 1.59. The first kappa shape index (κ1) is 14.7. The van der Waals surface area contributed by atoms with Crippen LogP contribution in [-0.4, -0.2) is 15.1 Å². The zero-order chi connectivity index (χ0) is 14.5. The van der Waals surface area contributed by atoms with Gasteiger partial charge in [-0.2, -0.15) is 0 Å². The Morgan fingerprint density at radius 2 is 2.30 bits per heavy atom. The minimum absolute atomic E-state index is 0.00449. The van der Waals surface area contributed by atoms with Crippen LogP contribution in [0.2, 0.25) is 0 Å². The fraction of sp³-hybridized carbons (Fsp3) is 0.167. The highest BCUT2D eigenvalue weighted by atomic mass is 35.5. The Labute approximate surface area is 125 Å². The summed E-state index contributed by atoms with van der Waals surface area (Å²) in [5.74, 6) is -0.189. The van der Waals surface area contributed by atoms with E-state index in [0.717, 1.165) is 0 Å². The van der Waals surface area contributed by atoms with Crippen LogP contribution in [0.4, 0.5) is 4.39 Å². The predicted octanol–water partition coefficient (Wildman–Crippen LogP) is 2.51. The van der Waals surface area contributed by atoms with E-state index in [1.165, 1.54) is 4.09 Å². The van der Waals surface area contributed by atoms with Gasteiger partial charge in [0, 0.05) is 35.2 Å². The number of carbonyl (C=O) groups excluding carboxylic acids is 1. The van der Waals surface area contributed by atoms with Crippen molar-refractivity contribution in [1.82, 2.24) is 14.0 Å². The maximum atomic E-state index is 13.0. The number of benzene rings is 1. The summed E-state index contributed by atoms with van der Waals surface area (Å²) in [5.41, 5.74) is 1.07. The van der Waals surface area contributed by atoms with Gasteiger partial charge >= 0.3 is 0 Å². The number of alkyl halides is 1. The zero-order valence-electron chi connectivity index (χ0n) is 10.2. The van der Waals surface area contributed by atoms with Crippen LogP contribution >= 0.6 is 24.6 Å². The molecule has 1 heterocycles. The molecule has 0 atom stereocenters. The van der Waals surface area contributed by atoms with E-state index in [4.69, 9.17) is 16.5 Å². The first-order valence-electron chi connectivity index (χ1n) is 5.61. The Hall–Kier alpha value is -1.73. The molecule has 0 fully saturated rings. The van der Waals surface area contributed by atoms with Crippen molar-refractivity contribution in [3.63, 3.8) is 0 Å². The van der Waals surface area contributed by atoms with Crippen LogP contribution < -0.4 is 9.57 Å². The second kappa shape index (κ2) is 6.62. The SMILES string of the molecule is O=C(NCl)c1cccc(CF)c1COc1ccn(S)n1. The number of halogens is 2. The van der Waals surface area contributed by atoms with Gasteiger partial charge in [-0.15, -0.1) is 5.10 Å². The second-order valence-corrected chi connectivity index (χ2v) is 4.46. The average Bonchev–Trinajstić information content (AvgIpc) is 2.89. The summed E-state index contributed by atoms with van der Waals surface area (Å²) in [4.78, 5) is 13.7. The second-order valence-electron chi connectivity index (χ2n) is 3.86. The molecule has 0 bridgehead atoms. The molecule has 0 spiro atoms. The van der Waals surface area contributed by atoms with Crippen molar-refractivity contribution in [3.05, 3.63) is 47.2 Å². The molecular weight excluding hydrogens is 305 g/mol. The Bertz CT molecular complexity index is 620. The van der Waals surface area contributed by atoms with Gasteiger partial charge < -0.3 is 4.74 Å².